The molecule has 3 aromatic heterocycles. The molecule has 24 heavy (non-hydrogen) atoms. The van der Waals surface area contributed by atoms with Crippen LogP contribution in [-0.4, -0.2) is 28.5 Å². The zero-order valence-electron chi connectivity index (χ0n) is 14.9. The predicted molar refractivity (Wildman–Crippen MR) is 91.8 cm³/mol. The first-order chi connectivity index (χ1) is 11.3. The van der Waals surface area contributed by atoms with Crippen molar-refractivity contribution in [3.63, 3.8) is 0 Å². The van der Waals surface area contributed by atoms with E-state index in [0.29, 0.717) is 23.7 Å². The SMILES string of the molecule is CCCn1c(-n2nc(C)c(C)c2C)nc2c1c(=O)n(C)c(=O)n2C. The van der Waals surface area contributed by atoms with Gasteiger partial charge >= 0.3 is 5.69 Å². The highest BCUT2D eigenvalue weighted by atomic mass is 16.2. The van der Waals surface area contributed by atoms with Gasteiger partial charge in [0.15, 0.2) is 11.2 Å². The van der Waals surface area contributed by atoms with Crippen LogP contribution in [0.1, 0.15) is 30.3 Å². The van der Waals surface area contributed by atoms with Crippen molar-refractivity contribution >= 4 is 11.2 Å². The molecule has 128 valence electrons. The molecule has 0 aliphatic rings. The molecule has 0 aliphatic carbocycles. The summed E-state index contributed by atoms with van der Waals surface area (Å²) in [6.07, 6.45) is 0.836. The lowest BCUT2D eigenvalue weighted by Gasteiger charge is -2.09. The lowest BCUT2D eigenvalue weighted by Crippen LogP contribution is -2.37. The van der Waals surface area contributed by atoms with Crippen LogP contribution >= 0.6 is 0 Å². The fourth-order valence-corrected chi connectivity index (χ4v) is 2.95. The number of aryl methyl sites for hydroxylation is 3. The Balaban J connectivity index is 2.50. The highest BCUT2D eigenvalue weighted by Crippen LogP contribution is 2.20. The average molecular weight is 330 g/mol. The maximum atomic E-state index is 12.7. The second-order valence-electron chi connectivity index (χ2n) is 6.15. The highest BCUT2D eigenvalue weighted by Gasteiger charge is 2.22. The first-order valence-electron chi connectivity index (χ1n) is 7.99. The van der Waals surface area contributed by atoms with Crippen LogP contribution in [0.4, 0.5) is 0 Å². The van der Waals surface area contributed by atoms with E-state index in [1.54, 1.807) is 11.7 Å². The van der Waals surface area contributed by atoms with Crippen LogP contribution in [0.25, 0.3) is 17.1 Å². The number of nitrogens with zero attached hydrogens (tertiary/aromatic N) is 6. The topological polar surface area (TPSA) is 79.6 Å². The molecule has 0 amide bonds. The number of hydrogen-bond donors (Lipinski definition) is 0. The van der Waals surface area contributed by atoms with Crippen molar-refractivity contribution in [3.05, 3.63) is 37.8 Å². The van der Waals surface area contributed by atoms with E-state index in [0.717, 1.165) is 27.9 Å². The quantitative estimate of drug-likeness (QED) is 0.716. The van der Waals surface area contributed by atoms with E-state index >= 15 is 0 Å². The van der Waals surface area contributed by atoms with Gasteiger partial charge in [-0.3, -0.25) is 13.9 Å². The summed E-state index contributed by atoms with van der Waals surface area (Å²) >= 11 is 0. The van der Waals surface area contributed by atoms with Crippen molar-refractivity contribution in [1.82, 2.24) is 28.5 Å². The van der Waals surface area contributed by atoms with Gasteiger partial charge in [-0.25, -0.2) is 9.48 Å². The Labute approximate surface area is 139 Å². The van der Waals surface area contributed by atoms with Crippen molar-refractivity contribution in [2.75, 3.05) is 0 Å². The minimum atomic E-state index is -0.384. The summed E-state index contributed by atoms with van der Waals surface area (Å²) in [5.41, 5.74) is 3.08. The largest absolute Gasteiger partial charge is 0.332 e. The molecule has 0 saturated heterocycles. The van der Waals surface area contributed by atoms with Gasteiger partial charge in [-0.1, -0.05) is 6.92 Å². The third-order valence-electron chi connectivity index (χ3n) is 4.62. The number of rotatable bonds is 3. The standard InChI is InChI=1S/C16H22N6O2/c1-7-8-21-12-13(19(5)16(24)20(6)14(12)23)17-15(21)22-11(4)9(2)10(3)18-22/h7-8H2,1-6H3. The third kappa shape index (κ3) is 2.05. The van der Waals surface area contributed by atoms with Gasteiger partial charge in [0.2, 0.25) is 5.95 Å². The Morgan fingerprint density at radius 2 is 1.71 bits per heavy atom. The zero-order chi connectivity index (χ0) is 17.8. The van der Waals surface area contributed by atoms with Crippen LogP contribution in [0.5, 0.6) is 0 Å². The molecule has 0 aliphatic heterocycles. The smallest absolute Gasteiger partial charge is 0.302 e. The van der Waals surface area contributed by atoms with E-state index in [2.05, 4.69) is 10.1 Å². The van der Waals surface area contributed by atoms with Gasteiger partial charge in [0.05, 0.1) is 5.69 Å². The second kappa shape index (κ2) is 5.47. The van der Waals surface area contributed by atoms with Crippen LogP contribution in [-0.2, 0) is 20.6 Å². The van der Waals surface area contributed by atoms with Crippen molar-refractivity contribution < 1.29 is 0 Å². The molecular formula is C16H22N6O2. The molecule has 0 N–H and O–H groups in total. The molecule has 0 atom stereocenters. The molecule has 3 rings (SSSR count). The first kappa shape index (κ1) is 16.2. The van der Waals surface area contributed by atoms with Gasteiger partial charge < -0.3 is 4.57 Å². The molecule has 0 spiro atoms. The van der Waals surface area contributed by atoms with E-state index in [1.807, 2.05) is 32.3 Å². The summed E-state index contributed by atoms with van der Waals surface area (Å²) in [7, 11) is 3.12. The van der Waals surface area contributed by atoms with E-state index in [1.165, 1.54) is 11.6 Å². The van der Waals surface area contributed by atoms with Crippen LogP contribution in [0, 0.1) is 20.8 Å². The summed E-state index contributed by atoms with van der Waals surface area (Å²) in [6, 6.07) is 0. The highest BCUT2D eigenvalue weighted by molar-refractivity contribution is 5.72. The summed E-state index contributed by atoms with van der Waals surface area (Å²) in [5.74, 6) is 0.568. The number of fused-ring (bicyclic) bond motifs is 1. The first-order valence-corrected chi connectivity index (χ1v) is 7.99. The maximum Gasteiger partial charge on any atom is 0.332 e. The minimum Gasteiger partial charge on any atom is -0.302 e. The van der Waals surface area contributed by atoms with E-state index in [-0.39, 0.29) is 11.2 Å². The van der Waals surface area contributed by atoms with Gasteiger partial charge in [0.1, 0.15) is 0 Å². The molecule has 8 heteroatoms. The predicted octanol–water partition coefficient (Wildman–Crippen LogP) is 0.955. The number of hydrogen-bond acceptors (Lipinski definition) is 4. The van der Waals surface area contributed by atoms with Crippen LogP contribution in [0.3, 0.4) is 0 Å². The maximum absolute atomic E-state index is 12.7. The molecule has 0 bridgehead atoms. The molecular weight excluding hydrogens is 308 g/mol. The van der Waals surface area contributed by atoms with E-state index in [4.69, 9.17) is 0 Å². The van der Waals surface area contributed by atoms with Crippen LogP contribution in [0.2, 0.25) is 0 Å². The van der Waals surface area contributed by atoms with Crippen molar-refractivity contribution in [2.45, 2.75) is 40.7 Å². The monoisotopic (exact) mass is 330 g/mol. The Morgan fingerprint density at radius 3 is 2.25 bits per heavy atom. The molecule has 0 aromatic carbocycles. The number of imidazole rings is 1. The fraction of sp³-hybridized carbons (Fsp3) is 0.500. The fourth-order valence-electron chi connectivity index (χ4n) is 2.95. The Kier molecular flexibility index (Phi) is 3.70. The Morgan fingerprint density at radius 1 is 1.04 bits per heavy atom. The lowest BCUT2D eigenvalue weighted by molar-refractivity contribution is 0.638. The molecule has 0 fully saturated rings. The summed E-state index contributed by atoms with van der Waals surface area (Å²) in [5, 5.41) is 4.56. The van der Waals surface area contributed by atoms with Crippen molar-refractivity contribution in [3.8, 4) is 5.95 Å². The molecule has 0 unspecified atom stereocenters. The molecule has 3 heterocycles. The van der Waals surface area contributed by atoms with E-state index in [9.17, 15) is 9.59 Å². The van der Waals surface area contributed by atoms with Crippen LogP contribution in [0.15, 0.2) is 9.59 Å². The summed E-state index contributed by atoms with van der Waals surface area (Å²) in [4.78, 5) is 29.4. The summed E-state index contributed by atoms with van der Waals surface area (Å²) < 4.78 is 6.14. The molecule has 8 nitrogen and oxygen atoms in total. The van der Waals surface area contributed by atoms with Crippen LogP contribution < -0.4 is 11.2 Å². The van der Waals surface area contributed by atoms with Gasteiger partial charge in [0, 0.05) is 26.3 Å². The van der Waals surface area contributed by atoms with Crippen molar-refractivity contribution in [1.29, 1.82) is 0 Å². The normalized spacial score (nSPS) is 11.6. The minimum absolute atomic E-state index is 0.335. The van der Waals surface area contributed by atoms with Gasteiger partial charge in [0.25, 0.3) is 5.56 Å². The molecule has 3 aromatic rings. The number of aromatic nitrogens is 6. The summed E-state index contributed by atoms with van der Waals surface area (Å²) in [6.45, 7) is 8.59. The van der Waals surface area contributed by atoms with Crippen molar-refractivity contribution in [2.24, 2.45) is 14.1 Å². The molecule has 0 saturated carbocycles. The zero-order valence-corrected chi connectivity index (χ0v) is 14.9. The molecule has 0 radical (unpaired) electrons. The average Bonchev–Trinajstić information content (AvgIpc) is 3.04. The van der Waals surface area contributed by atoms with E-state index < -0.39 is 0 Å². The van der Waals surface area contributed by atoms with Gasteiger partial charge in [-0.05, 0) is 32.8 Å². The Hall–Kier alpha value is -2.64. The lowest BCUT2D eigenvalue weighted by atomic mass is 10.2. The Bertz CT molecular complexity index is 1060. The van der Waals surface area contributed by atoms with Gasteiger partial charge in [-0.15, -0.1) is 0 Å². The second-order valence-corrected chi connectivity index (χ2v) is 6.15. The van der Waals surface area contributed by atoms with Gasteiger partial charge in [-0.2, -0.15) is 10.1 Å². The third-order valence-corrected chi connectivity index (χ3v) is 4.62.